The van der Waals surface area contributed by atoms with Crippen LogP contribution in [0.1, 0.15) is 19.8 Å². The van der Waals surface area contributed by atoms with Crippen LogP contribution in [0.2, 0.25) is 0 Å². The van der Waals surface area contributed by atoms with Crippen LogP contribution < -0.4 is 11.1 Å². The number of nitrogens with one attached hydrogen (secondary N) is 1. The van der Waals surface area contributed by atoms with E-state index in [0.29, 0.717) is 0 Å². The van der Waals surface area contributed by atoms with Crippen molar-refractivity contribution >= 4 is 24.3 Å². The summed E-state index contributed by atoms with van der Waals surface area (Å²) in [6.45, 7) is 2.16. The molecule has 1 aliphatic rings. The molecule has 0 aromatic carbocycles. The van der Waals surface area contributed by atoms with Crippen molar-refractivity contribution in [2.45, 2.75) is 25.8 Å². The van der Waals surface area contributed by atoms with Crippen molar-refractivity contribution in [3.05, 3.63) is 0 Å². The minimum atomic E-state index is -0.720. The van der Waals surface area contributed by atoms with Crippen molar-refractivity contribution in [3.63, 3.8) is 0 Å². The van der Waals surface area contributed by atoms with Gasteiger partial charge in [-0.25, -0.2) is 0 Å². The molecule has 0 aromatic rings. The number of carbonyl (C=O) groups is 2. The number of hydrogen-bond donors (Lipinski definition) is 3. The highest BCUT2D eigenvalue weighted by atomic mass is 35.5. The van der Waals surface area contributed by atoms with Gasteiger partial charge >= 0.3 is 5.97 Å². The van der Waals surface area contributed by atoms with Crippen LogP contribution in [0.3, 0.4) is 0 Å². The van der Waals surface area contributed by atoms with E-state index < -0.39 is 5.97 Å². The van der Waals surface area contributed by atoms with Gasteiger partial charge < -0.3 is 16.2 Å². The maximum atomic E-state index is 10.1. The Hall–Kier alpha value is -0.810. The van der Waals surface area contributed by atoms with Crippen LogP contribution in [0.4, 0.5) is 0 Å². The Balaban J connectivity index is 0. The number of carboxylic acid groups (broad SMARTS) is 1. The molecule has 1 heterocycles. The van der Waals surface area contributed by atoms with Gasteiger partial charge in [0.05, 0.1) is 0 Å². The van der Waals surface area contributed by atoms with E-state index in [1.54, 1.807) is 0 Å². The minimum Gasteiger partial charge on any atom is -0.480 e. The van der Waals surface area contributed by atoms with Crippen LogP contribution in [0.5, 0.6) is 0 Å². The SMILES string of the molecule is CC(N)=O.Cl.O=C(O)[C@@H]1CCCN1. The van der Waals surface area contributed by atoms with E-state index in [1.165, 1.54) is 6.92 Å². The molecule has 0 radical (unpaired) electrons. The van der Waals surface area contributed by atoms with E-state index in [-0.39, 0.29) is 24.4 Å². The quantitative estimate of drug-likeness (QED) is 0.556. The number of rotatable bonds is 1. The van der Waals surface area contributed by atoms with E-state index >= 15 is 0 Å². The van der Waals surface area contributed by atoms with Crippen LogP contribution >= 0.6 is 12.4 Å². The largest absolute Gasteiger partial charge is 0.480 e. The topological polar surface area (TPSA) is 92.4 Å². The molecular formula is C7H15ClN2O3. The lowest BCUT2D eigenvalue weighted by Crippen LogP contribution is -2.29. The van der Waals surface area contributed by atoms with Gasteiger partial charge in [0.2, 0.25) is 5.91 Å². The highest BCUT2D eigenvalue weighted by Crippen LogP contribution is 2.03. The lowest BCUT2D eigenvalue weighted by Gasteiger charge is -1.99. The third-order valence-corrected chi connectivity index (χ3v) is 1.36. The van der Waals surface area contributed by atoms with Gasteiger partial charge in [-0.1, -0.05) is 0 Å². The fraction of sp³-hybridized carbons (Fsp3) is 0.714. The van der Waals surface area contributed by atoms with Crippen LogP contribution in [-0.4, -0.2) is 29.6 Å². The summed E-state index contributed by atoms with van der Waals surface area (Å²) in [7, 11) is 0. The van der Waals surface area contributed by atoms with Gasteiger partial charge in [-0.15, -0.1) is 12.4 Å². The van der Waals surface area contributed by atoms with Crippen molar-refractivity contribution in [2.75, 3.05) is 6.54 Å². The second-order valence-electron chi connectivity index (χ2n) is 2.60. The van der Waals surface area contributed by atoms with Crippen molar-refractivity contribution in [1.82, 2.24) is 5.32 Å². The zero-order valence-electron chi connectivity index (χ0n) is 7.45. The molecule has 78 valence electrons. The first-order valence-corrected chi connectivity index (χ1v) is 3.76. The van der Waals surface area contributed by atoms with Crippen molar-refractivity contribution in [1.29, 1.82) is 0 Å². The summed E-state index contributed by atoms with van der Waals surface area (Å²) in [5.74, 6) is -1.05. The predicted octanol–water partition coefficient (Wildman–Crippen LogP) is -0.264. The lowest BCUT2D eigenvalue weighted by molar-refractivity contribution is -0.139. The Morgan fingerprint density at radius 3 is 2.15 bits per heavy atom. The van der Waals surface area contributed by atoms with E-state index in [4.69, 9.17) is 5.11 Å². The van der Waals surface area contributed by atoms with E-state index in [9.17, 15) is 9.59 Å². The fourth-order valence-electron chi connectivity index (χ4n) is 0.895. The monoisotopic (exact) mass is 210 g/mol. The molecule has 1 rings (SSSR count). The maximum absolute atomic E-state index is 10.1. The summed E-state index contributed by atoms with van der Waals surface area (Å²) in [5.41, 5.74) is 4.47. The van der Waals surface area contributed by atoms with Crippen LogP contribution in [0.15, 0.2) is 0 Å². The first-order valence-electron chi connectivity index (χ1n) is 3.76. The Labute approximate surface area is 83.1 Å². The van der Waals surface area contributed by atoms with Crippen molar-refractivity contribution < 1.29 is 14.7 Å². The molecule has 1 atom stereocenters. The smallest absolute Gasteiger partial charge is 0.320 e. The average Bonchev–Trinajstić information content (AvgIpc) is 2.34. The number of amides is 1. The number of halogens is 1. The molecule has 13 heavy (non-hydrogen) atoms. The van der Waals surface area contributed by atoms with Gasteiger partial charge in [0.15, 0.2) is 0 Å². The van der Waals surface area contributed by atoms with Gasteiger partial charge in [-0.2, -0.15) is 0 Å². The van der Waals surface area contributed by atoms with Crippen molar-refractivity contribution in [2.24, 2.45) is 5.73 Å². The van der Waals surface area contributed by atoms with Crippen LogP contribution in [0, 0.1) is 0 Å². The van der Waals surface area contributed by atoms with Gasteiger partial charge in [-0.3, -0.25) is 9.59 Å². The highest BCUT2D eigenvalue weighted by Gasteiger charge is 2.20. The number of carbonyl (C=O) groups excluding carboxylic acids is 1. The third-order valence-electron chi connectivity index (χ3n) is 1.36. The Morgan fingerprint density at radius 2 is 2.00 bits per heavy atom. The Morgan fingerprint density at radius 1 is 1.54 bits per heavy atom. The number of nitrogens with two attached hydrogens (primary N) is 1. The zero-order chi connectivity index (χ0) is 9.56. The molecule has 0 spiro atoms. The normalized spacial score (nSPS) is 19.3. The molecular weight excluding hydrogens is 196 g/mol. The highest BCUT2D eigenvalue weighted by molar-refractivity contribution is 5.85. The average molecular weight is 211 g/mol. The Kier molecular flexibility index (Phi) is 8.84. The summed E-state index contributed by atoms with van der Waals surface area (Å²) >= 11 is 0. The van der Waals surface area contributed by atoms with E-state index in [2.05, 4.69) is 11.1 Å². The molecule has 0 bridgehead atoms. The fourth-order valence-corrected chi connectivity index (χ4v) is 0.895. The second-order valence-corrected chi connectivity index (χ2v) is 2.60. The molecule has 0 saturated carbocycles. The first kappa shape index (κ1) is 14.7. The molecule has 0 aliphatic carbocycles. The number of hydrogen-bond acceptors (Lipinski definition) is 3. The summed E-state index contributed by atoms with van der Waals surface area (Å²) in [5, 5.41) is 11.2. The lowest BCUT2D eigenvalue weighted by atomic mass is 10.2. The van der Waals surface area contributed by atoms with Crippen molar-refractivity contribution in [3.8, 4) is 0 Å². The molecule has 4 N–H and O–H groups in total. The Bertz CT molecular complexity index is 165. The van der Waals surface area contributed by atoms with Gasteiger partial charge in [0.25, 0.3) is 0 Å². The molecule has 5 nitrogen and oxygen atoms in total. The molecule has 1 amide bonds. The molecule has 6 heteroatoms. The molecule has 1 fully saturated rings. The molecule has 0 unspecified atom stereocenters. The number of aliphatic carboxylic acids is 1. The van der Waals surface area contributed by atoms with E-state index in [0.717, 1.165) is 19.4 Å². The molecule has 1 aliphatic heterocycles. The number of carboxylic acids is 1. The third kappa shape index (κ3) is 9.10. The standard InChI is InChI=1S/C5H9NO2.C2H5NO.ClH/c7-5(8)4-2-1-3-6-4;1-2(3)4;/h4,6H,1-3H2,(H,7,8);1H3,(H2,3,4);1H/t4-;;/m0../s1. The first-order chi connectivity index (χ1) is 5.54. The summed E-state index contributed by atoms with van der Waals surface area (Å²) in [6.07, 6.45) is 1.78. The summed E-state index contributed by atoms with van der Waals surface area (Å²) in [6, 6.07) is -0.269. The van der Waals surface area contributed by atoms with E-state index in [1.807, 2.05) is 0 Å². The maximum Gasteiger partial charge on any atom is 0.320 e. The van der Waals surface area contributed by atoms with Crippen LogP contribution in [-0.2, 0) is 9.59 Å². The predicted molar refractivity (Wildman–Crippen MR) is 50.8 cm³/mol. The zero-order valence-corrected chi connectivity index (χ0v) is 8.26. The molecule has 1 saturated heterocycles. The summed E-state index contributed by atoms with van der Waals surface area (Å²) in [4.78, 5) is 19.4. The molecule has 0 aromatic heterocycles. The minimum absolute atomic E-state index is 0. The second kappa shape index (κ2) is 7.82. The van der Waals surface area contributed by atoms with Gasteiger partial charge in [0.1, 0.15) is 6.04 Å². The number of primary amides is 1. The van der Waals surface area contributed by atoms with Gasteiger partial charge in [0, 0.05) is 6.92 Å². The summed E-state index contributed by atoms with van der Waals surface area (Å²) < 4.78 is 0. The van der Waals surface area contributed by atoms with Gasteiger partial charge in [-0.05, 0) is 19.4 Å². The van der Waals surface area contributed by atoms with Crippen LogP contribution in [0.25, 0.3) is 0 Å².